The first-order chi connectivity index (χ1) is 20.7. The molecular formula is C35H40FN3O4. The number of nitrogens with one attached hydrogen (secondary N) is 2. The Bertz CT molecular complexity index is 1390. The number of piperidine rings is 1. The van der Waals surface area contributed by atoms with E-state index in [1.54, 1.807) is 30.4 Å². The van der Waals surface area contributed by atoms with Gasteiger partial charge in [-0.25, -0.2) is 9.18 Å². The molecule has 3 N–H and O–H groups in total. The van der Waals surface area contributed by atoms with Crippen LogP contribution in [0.4, 0.5) is 9.18 Å². The lowest BCUT2D eigenvalue weighted by atomic mass is 10.0. The standard InChI is InChI=1S/C35H40FN3O4/c1-5-7-9-25(3)26(4)32(8-6-2)38-35(42)43-30-18-22-39(23-19-30)21-17-28-12-10-27(11-13-28)16-20-37-34(41)31-15-14-29(36)24-33(31)40/h5-15,24,30,40H,1-4,16-23H2,(H,37,41)(H,38,42)/b9-7-,32-8+. The van der Waals surface area contributed by atoms with Crippen molar-refractivity contribution in [1.29, 1.82) is 0 Å². The van der Waals surface area contributed by atoms with E-state index in [1.807, 2.05) is 12.1 Å². The van der Waals surface area contributed by atoms with E-state index < -0.39 is 17.8 Å². The number of nitrogens with zero attached hydrogens (tertiary/aromatic N) is 1. The van der Waals surface area contributed by atoms with Gasteiger partial charge in [0, 0.05) is 32.2 Å². The smallest absolute Gasteiger partial charge is 0.411 e. The molecule has 0 bridgehead atoms. The van der Waals surface area contributed by atoms with Crippen LogP contribution >= 0.6 is 0 Å². The van der Waals surface area contributed by atoms with Gasteiger partial charge in [-0.3, -0.25) is 10.1 Å². The van der Waals surface area contributed by atoms with Crippen molar-refractivity contribution < 1.29 is 23.8 Å². The van der Waals surface area contributed by atoms with E-state index in [0.717, 1.165) is 56.6 Å². The monoisotopic (exact) mass is 585 g/mol. The van der Waals surface area contributed by atoms with Gasteiger partial charge in [-0.1, -0.05) is 74.9 Å². The molecule has 0 aliphatic carbocycles. The molecular weight excluding hydrogens is 545 g/mol. The second kappa shape index (κ2) is 16.7. The van der Waals surface area contributed by atoms with Crippen LogP contribution in [-0.2, 0) is 17.6 Å². The van der Waals surface area contributed by atoms with E-state index in [9.17, 15) is 19.1 Å². The summed E-state index contributed by atoms with van der Waals surface area (Å²) in [7, 11) is 0. The van der Waals surface area contributed by atoms with Crippen LogP contribution < -0.4 is 10.6 Å². The number of phenolic OH excluding ortho intramolecular Hbond substituents is 1. The maximum absolute atomic E-state index is 13.1. The average molecular weight is 586 g/mol. The van der Waals surface area contributed by atoms with E-state index >= 15 is 0 Å². The number of amides is 2. The highest BCUT2D eigenvalue weighted by molar-refractivity contribution is 5.96. The molecule has 2 aromatic rings. The first kappa shape index (κ1) is 32.8. The van der Waals surface area contributed by atoms with Crippen molar-refractivity contribution in [2.24, 2.45) is 0 Å². The van der Waals surface area contributed by atoms with Crippen molar-refractivity contribution >= 4 is 12.0 Å². The number of carbonyl (C=O) groups is 2. The summed E-state index contributed by atoms with van der Waals surface area (Å²) < 4.78 is 18.8. The summed E-state index contributed by atoms with van der Waals surface area (Å²) in [6.07, 6.45) is 10.7. The number of rotatable bonds is 14. The minimum atomic E-state index is -0.595. The zero-order chi connectivity index (χ0) is 31.2. The van der Waals surface area contributed by atoms with Gasteiger partial charge in [-0.15, -0.1) is 0 Å². The molecule has 1 aliphatic heterocycles. The van der Waals surface area contributed by atoms with Gasteiger partial charge in [0.1, 0.15) is 17.7 Å². The maximum Gasteiger partial charge on any atom is 0.411 e. The number of carbonyl (C=O) groups excluding carboxylic acids is 2. The number of alkyl carbamates (subject to hydrolysis) is 1. The van der Waals surface area contributed by atoms with E-state index in [0.29, 0.717) is 29.8 Å². The predicted molar refractivity (Wildman–Crippen MR) is 169 cm³/mol. The Morgan fingerprint density at radius 2 is 1.70 bits per heavy atom. The summed E-state index contributed by atoms with van der Waals surface area (Å²) in [5.74, 6) is -1.41. The summed E-state index contributed by atoms with van der Waals surface area (Å²) in [6.45, 7) is 18.3. The van der Waals surface area contributed by atoms with E-state index in [2.05, 4.69) is 54.0 Å². The molecule has 226 valence electrons. The van der Waals surface area contributed by atoms with Crippen LogP contribution in [0, 0.1) is 5.82 Å². The van der Waals surface area contributed by atoms with Crippen LogP contribution in [0.2, 0.25) is 0 Å². The van der Waals surface area contributed by atoms with Crippen molar-refractivity contribution in [3.63, 3.8) is 0 Å². The number of allylic oxidation sites excluding steroid dienone is 6. The largest absolute Gasteiger partial charge is 0.507 e. The molecule has 43 heavy (non-hydrogen) atoms. The number of phenols is 1. The number of likely N-dealkylation sites (tertiary alicyclic amines) is 1. The fourth-order valence-electron chi connectivity index (χ4n) is 4.61. The van der Waals surface area contributed by atoms with Gasteiger partial charge < -0.3 is 20.1 Å². The zero-order valence-corrected chi connectivity index (χ0v) is 24.5. The molecule has 0 radical (unpaired) electrons. The summed E-state index contributed by atoms with van der Waals surface area (Å²) in [4.78, 5) is 27.2. The minimum Gasteiger partial charge on any atom is -0.507 e. The van der Waals surface area contributed by atoms with Gasteiger partial charge in [0.2, 0.25) is 0 Å². The maximum atomic E-state index is 13.1. The molecule has 0 saturated carbocycles. The normalized spacial score (nSPS) is 14.2. The topological polar surface area (TPSA) is 90.9 Å². The third kappa shape index (κ3) is 10.6. The SMILES string of the molecule is C=C/C=C\C(=C)C(=C)/C(=C\C=C)NC(=O)OC1CCN(CCc2ccc(CCNC(=O)c3ccc(F)cc3O)cc2)CC1. The van der Waals surface area contributed by atoms with Gasteiger partial charge in [0.15, 0.2) is 0 Å². The molecule has 1 fully saturated rings. The molecule has 2 aromatic carbocycles. The quantitative estimate of drug-likeness (QED) is 0.231. The number of ether oxygens (including phenoxy) is 1. The summed E-state index contributed by atoms with van der Waals surface area (Å²) in [6, 6.07) is 11.6. The Labute approximate surface area is 253 Å². The Balaban J connectivity index is 1.36. The molecule has 2 amide bonds. The van der Waals surface area contributed by atoms with Crippen LogP contribution in [0.3, 0.4) is 0 Å². The highest BCUT2D eigenvalue weighted by atomic mass is 19.1. The lowest BCUT2D eigenvalue weighted by Gasteiger charge is -2.31. The van der Waals surface area contributed by atoms with Crippen LogP contribution in [0.1, 0.15) is 34.3 Å². The Morgan fingerprint density at radius 1 is 1.02 bits per heavy atom. The molecule has 0 unspecified atom stereocenters. The molecule has 0 atom stereocenters. The molecule has 0 spiro atoms. The Kier molecular flexibility index (Phi) is 12.7. The van der Waals surface area contributed by atoms with Gasteiger partial charge in [0.25, 0.3) is 5.91 Å². The highest BCUT2D eigenvalue weighted by Gasteiger charge is 2.23. The van der Waals surface area contributed by atoms with E-state index in [1.165, 1.54) is 11.6 Å². The van der Waals surface area contributed by atoms with Gasteiger partial charge in [0.05, 0.1) is 11.3 Å². The lowest BCUT2D eigenvalue weighted by Crippen LogP contribution is -2.40. The van der Waals surface area contributed by atoms with Gasteiger partial charge in [-0.2, -0.15) is 0 Å². The van der Waals surface area contributed by atoms with Gasteiger partial charge >= 0.3 is 6.09 Å². The lowest BCUT2D eigenvalue weighted by molar-refractivity contribution is 0.0527. The summed E-state index contributed by atoms with van der Waals surface area (Å²) in [5.41, 5.74) is 4.03. The summed E-state index contributed by atoms with van der Waals surface area (Å²) in [5, 5.41) is 15.3. The Hall–Kier alpha value is -4.69. The van der Waals surface area contributed by atoms with Crippen molar-refractivity contribution in [2.75, 3.05) is 26.2 Å². The first-order valence-corrected chi connectivity index (χ1v) is 14.2. The highest BCUT2D eigenvalue weighted by Crippen LogP contribution is 2.19. The van der Waals surface area contributed by atoms with Crippen LogP contribution in [0.15, 0.2) is 116 Å². The van der Waals surface area contributed by atoms with Crippen molar-refractivity contribution in [3.05, 3.63) is 139 Å². The van der Waals surface area contributed by atoms with Crippen molar-refractivity contribution in [3.8, 4) is 5.75 Å². The molecule has 1 heterocycles. The molecule has 3 rings (SSSR count). The molecule has 1 saturated heterocycles. The summed E-state index contributed by atoms with van der Waals surface area (Å²) >= 11 is 0. The predicted octanol–water partition coefficient (Wildman–Crippen LogP) is 6.16. The number of aromatic hydroxyl groups is 1. The fraction of sp³-hybridized carbons (Fsp3) is 0.257. The van der Waals surface area contributed by atoms with E-state index in [4.69, 9.17) is 4.74 Å². The molecule has 8 heteroatoms. The van der Waals surface area contributed by atoms with Crippen LogP contribution in [0.5, 0.6) is 5.75 Å². The number of hydrogen-bond acceptors (Lipinski definition) is 5. The van der Waals surface area contributed by atoms with Crippen LogP contribution in [0.25, 0.3) is 0 Å². The molecule has 7 nitrogen and oxygen atoms in total. The molecule has 0 aromatic heterocycles. The third-order valence-electron chi connectivity index (χ3n) is 7.12. The third-order valence-corrected chi connectivity index (χ3v) is 7.12. The number of hydrogen-bond donors (Lipinski definition) is 3. The zero-order valence-electron chi connectivity index (χ0n) is 24.5. The van der Waals surface area contributed by atoms with Crippen LogP contribution in [-0.4, -0.2) is 54.3 Å². The first-order valence-electron chi connectivity index (χ1n) is 14.2. The molecule has 1 aliphatic rings. The second-order valence-electron chi connectivity index (χ2n) is 10.2. The Morgan fingerprint density at radius 3 is 2.33 bits per heavy atom. The fourth-order valence-corrected chi connectivity index (χ4v) is 4.61. The number of benzene rings is 2. The second-order valence-corrected chi connectivity index (χ2v) is 10.2. The van der Waals surface area contributed by atoms with Crippen molar-refractivity contribution in [2.45, 2.75) is 31.8 Å². The van der Waals surface area contributed by atoms with Gasteiger partial charge in [-0.05, 0) is 66.2 Å². The number of halogens is 1. The average Bonchev–Trinajstić information content (AvgIpc) is 2.99. The van der Waals surface area contributed by atoms with E-state index in [-0.39, 0.29) is 17.4 Å². The van der Waals surface area contributed by atoms with Crippen molar-refractivity contribution in [1.82, 2.24) is 15.5 Å². The minimum absolute atomic E-state index is 0.0479.